The molecule has 0 saturated heterocycles. The van der Waals surface area contributed by atoms with Crippen molar-refractivity contribution >= 4 is 29.2 Å². The van der Waals surface area contributed by atoms with Gasteiger partial charge >= 0.3 is 5.97 Å². The van der Waals surface area contributed by atoms with Crippen LogP contribution in [-0.4, -0.2) is 23.2 Å². The Labute approximate surface area is 171 Å². The molecular weight excluding hydrogens is 388 g/mol. The standard InChI is InChI=1S/C21H18N4O3S/c1-28-21(27)18(12-6-3-2-4-7-12)29-20-15(11-22)16(17(23)19(24)25-20)13-8-5-9-14(26)10-13/h2-10,18,26H,23H2,1H3,(H2,24,25). The SMILES string of the molecule is COC(=O)C(Sc1nc(N)c(N)c(-c2cccc(O)c2)c1C#N)c1ccccc1. The van der Waals surface area contributed by atoms with E-state index in [4.69, 9.17) is 16.2 Å². The molecule has 5 N–H and O–H groups in total. The lowest BCUT2D eigenvalue weighted by atomic mass is 10.00. The molecule has 1 heterocycles. The molecule has 1 aromatic heterocycles. The van der Waals surface area contributed by atoms with E-state index >= 15 is 0 Å². The van der Waals surface area contributed by atoms with Gasteiger partial charge in [0.2, 0.25) is 0 Å². The number of nitrogen functional groups attached to an aromatic ring is 2. The second kappa shape index (κ2) is 8.54. The van der Waals surface area contributed by atoms with Crippen LogP contribution in [0.1, 0.15) is 16.4 Å². The summed E-state index contributed by atoms with van der Waals surface area (Å²) in [6.45, 7) is 0. The van der Waals surface area contributed by atoms with E-state index in [-0.39, 0.29) is 27.8 Å². The fourth-order valence-electron chi connectivity index (χ4n) is 2.84. The number of aromatic hydroxyl groups is 1. The number of rotatable bonds is 5. The number of esters is 1. The number of nitriles is 1. The Hall–Kier alpha value is -3.70. The number of aromatic nitrogens is 1. The highest BCUT2D eigenvalue weighted by Gasteiger charge is 2.27. The Morgan fingerprint density at radius 2 is 1.93 bits per heavy atom. The van der Waals surface area contributed by atoms with Crippen molar-refractivity contribution in [3.63, 3.8) is 0 Å². The Morgan fingerprint density at radius 1 is 1.21 bits per heavy atom. The molecule has 1 unspecified atom stereocenters. The smallest absolute Gasteiger partial charge is 0.323 e. The minimum absolute atomic E-state index is 0.0205. The van der Waals surface area contributed by atoms with Gasteiger partial charge in [-0.05, 0) is 23.3 Å². The van der Waals surface area contributed by atoms with Gasteiger partial charge < -0.3 is 21.3 Å². The van der Waals surface area contributed by atoms with E-state index < -0.39 is 11.2 Å². The monoisotopic (exact) mass is 406 g/mol. The molecule has 0 bridgehead atoms. The topological polar surface area (TPSA) is 135 Å². The number of pyridine rings is 1. The number of thioether (sulfide) groups is 1. The minimum Gasteiger partial charge on any atom is -0.508 e. The second-order valence-corrected chi connectivity index (χ2v) is 7.15. The molecule has 8 heteroatoms. The molecule has 146 valence electrons. The average molecular weight is 406 g/mol. The van der Waals surface area contributed by atoms with E-state index in [2.05, 4.69) is 11.1 Å². The van der Waals surface area contributed by atoms with Gasteiger partial charge in [-0.2, -0.15) is 5.26 Å². The highest BCUT2D eigenvalue weighted by Crippen LogP contribution is 2.43. The molecule has 0 saturated carbocycles. The van der Waals surface area contributed by atoms with Gasteiger partial charge in [0, 0.05) is 5.56 Å². The largest absolute Gasteiger partial charge is 0.508 e. The number of carbonyl (C=O) groups is 1. The van der Waals surface area contributed by atoms with E-state index in [1.165, 1.54) is 19.2 Å². The van der Waals surface area contributed by atoms with Crippen LogP contribution in [-0.2, 0) is 9.53 Å². The fraction of sp³-hybridized carbons (Fsp3) is 0.0952. The molecule has 29 heavy (non-hydrogen) atoms. The number of phenolic OH excluding ortho intramolecular Hbond substituents is 1. The molecule has 1 atom stereocenters. The van der Waals surface area contributed by atoms with Crippen LogP contribution >= 0.6 is 11.8 Å². The minimum atomic E-state index is -0.749. The summed E-state index contributed by atoms with van der Waals surface area (Å²) >= 11 is 1.06. The van der Waals surface area contributed by atoms with Crippen LogP contribution in [0.2, 0.25) is 0 Å². The molecule has 3 rings (SSSR count). The third-order valence-corrected chi connectivity index (χ3v) is 5.44. The van der Waals surface area contributed by atoms with Crippen molar-refractivity contribution in [1.82, 2.24) is 4.98 Å². The van der Waals surface area contributed by atoms with E-state index in [1.807, 2.05) is 6.07 Å². The Balaban J connectivity index is 2.17. The number of nitrogens with zero attached hydrogens (tertiary/aromatic N) is 2. The van der Waals surface area contributed by atoms with Crippen molar-refractivity contribution in [2.24, 2.45) is 0 Å². The summed E-state index contributed by atoms with van der Waals surface area (Å²) in [6.07, 6.45) is 0. The van der Waals surface area contributed by atoms with Gasteiger partial charge in [-0.3, -0.25) is 4.79 Å². The summed E-state index contributed by atoms with van der Waals surface area (Å²) in [4.78, 5) is 16.7. The number of hydrogen-bond acceptors (Lipinski definition) is 8. The zero-order valence-electron chi connectivity index (χ0n) is 15.5. The van der Waals surface area contributed by atoms with E-state index in [1.54, 1.807) is 36.4 Å². The Kier molecular flexibility index (Phi) is 5.90. The maximum absolute atomic E-state index is 12.4. The Bertz CT molecular complexity index is 1100. The molecule has 0 fully saturated rings. The summed E-state index contributed by atoms with van der Waals surface area (Å²) < 4.78 is 4.94. The Morgan fingerprint density at radius 3 is 2.55 bits per heavy atom. The van der Waals surface area contributed by atoms with Crippen LogP contribution in [0.4, 0.5) is 11.5 Å². The molecule has 2 aromatic carbocycles. The van der Waals surface area contributed by atoms with Gasteiger partial charge in [-0.25, -0.2) is 4.98 Å². The maximum atomic E-state index is 12.4. The third-order valence-electron chi connectivity index (χ3n) is 4.22. The summed E-state index contributed by atoms with van der Waals surface area (Å²) in [5, 5.41) is 19.2. The van der Waals surface area contributed by atoms with Crippen molar-refractivity contribution in [3.8, 4) is 22.9 Å². The number of methoxy groups -OCH3 is 1. The lowest BCUT2D eigenvalue weighted by Crippen LogP contribution is -2.12. The van der Waals surface area contributed by atoms with E-state index in [0.717, 1.165) is 11.8 Å². The molecule has 3 aromatic rings. The summed E-state index contributed by atoms with van der Waals surface area (Å²) in [5.74, 6) is -0.435. The van der Waals surface area contributed by atoms with Crippen LogP contribution in [0.25, 0.3) is 11.1 Å². The van der Waals surface area contributed by atoms with Crippen molar-refractivity contribution in [3.05, 3.63) is 65.7 Å². The maximum Gasteiger partial charge on any atom is 0.323 e. The predicted octanol–water partition coefficient (Wildman–Crippen LogP) is 3.50. The van der Waals surface area contributed by atoms with Gasteiger partial charge in [0.05, 0.1) is 18.4 Å². The molecule has 0 aliphatic heterocycles. The van der Waals surface area contributed by atoms with E-state index in [9.17, 15) is 15.2 Å². The number of ether oxygens (including phenoxy) is 1. The molecule has 7 nitrogen and oxygen atoms in total. The zero-order valence-corrected chi connectivity index (χ0v) is 16.3. The lowest BCUT2D eigenvalue weighted by molar-refractivity contribution is -0.140. The fourth-order valence-corrected chi connectivity index (χ4v) is 3.97. The first-order chi connectivity index (χ1) is 14.0. The van der Waals surface area contributed by atoms with Crippen LogP contribution in [0.5, 0.6) is 5.75 Å². The first kappa shape index (κ1) is 20.0. The molecule has 0 radical (unpaired) electrons. The second-order valence-electron chi connectivity index (χ2n) is 6.06. The first-order valence-corrected chi connectivity index (χ1v) is 9.42. The van der Waals surface area contributed by atoms with Crippen LogP contribution in [0.15, 0.2) is 59.6 Å². The van der Waals surface area contributed by atoms with Crippen molar-refractivity contribution in [2.75, 3.05) is 18.6 Å². The summed E-state index contributed by atoms with van der Waals surface area (Å²) in [7, 11) is 1.30. The zero-order chi connectivity index (χ0) is 21.0. The first-order valence-electron chi connectivity index (χ1n) is 8.54. The van der Waals surface area contributed by atoms with Gasteiger partial charge in [0.1, 0.15) is 27.9 Å². The van der Waals surface area contributed by atoms with Crippen LogP contribution in [0.3, 0.4) is 0 Å². The molecular formula is C21H18N4O3S. The lowest BCUT2D eigenvalue weighted by Gasteiger charge is -2.18. The van der Waals surface area contributed by atoms with Gasteiger partial charge in [0.25, 0.3) is 0 Å². The number of anilines is 2. The third kappa shape index (κ3) is 4.10. The number of carbonyl (C=O) groups excluding carboxylic acids is 1. The molecule has 0 aliphatic rings. The highest BCUT2D eigenvalue weighted by molar-refractivity contribution is 8.00. The molecule has 0 spiro atoms. The number of phenols is 1. The van der Waals surface area contributed by atoms with Crippen LogP contribution in [0, 0.1) is 11.3 Å². The number of hydrogen-bond donors (Lipinski definition) is 3. The summed E-state index contributed by atoms with van der Waals surface area (Å²) in [6, 6.07) is 17.5. The molecule has 0 aliphatic carbocycles. The van der Waals surface area contributed by atoms with Crippen LogP contribution < -0.4 is 11.5 Å². The predicted molar refractivity (Wildman–Crippen MR) is 112 cm³/mol. The summed E-state index contributed by atoms with van der Waals surface area (Å²) in [5.41, 5.74) is 14.0. The van der Waals surface area contributed by atoms with Crippen molar-refractivity contribution in [1.29, 1.82) is 5.26 Å². The normalized spacial score (nSPS) is 11.4. The number of benzene rings is 2. The van der Waals surface area contributed by atoms with Crippen molar-refractivity contribution < 1.29 is 14.6 Å². The average Bonchev–Trinajstić information content (AvgIpc) is 2.74. The van der Waals surface area contributed by atoms with Gasteiger partial charge in [-0.1, -0.05) is 54.2 Å². The highest BCUT2D eigenvalue weighted by atomic mass is 32.2. The number of nitrogens with two attached hydrogens (primary N) is 2. The van der Waals surface area contributed by atoms with Crippen molar-refractivity contribution in [2.45, 2.75) is 10.3 Å². The van der Waals surface area contributed by atoms with Gasteiger partial charge in [-0.15, -0.1) is 0 Å². The van der Waals surface area contributed by atoms with Gasteiger partial charge in [0.15, 0.2) is 0 Å². The quantitative estimate of drug-likeness (QED) is 0.433. The van der Waals surface area contributed by atoms with E-state index in [0.29, 0.717) is 16.7 Å². The molecule has 0 amide bonds.